The molecular weight excluding hydrogens is 150 g/mol. The van der Waals surface area contributed by atoms with Gasteiger partial charge in [-0.1, -0.05) is 26.5 Å². The summed E-state index contributed by atoms with van der Waals surface area (Å²) in [5.41, 5.74) is 0.852. The average Bonchev–Trinajstić information content (AvgIpc) is 2.20. The number of nitrogens with zero attached hydrogens (tertiary/aromatic N) is 3. The Morgan fingerprint density at radius 2 is 2.17 bits per heavy atom. The van der Waals surface area contributed by atoms with E-state index in [-0.39, 0.29) is 0 Å². The lowest BCUT2D eigenvalue weighted by atomic mass is 10.3. The molecule has 0 bridgehead atoms. The normalized spacial score (nSPS) is 7.83. The Hall–Kier alpha value is -1.51. The Bertz CT molecular complexity index is 229. The Labute approximate surface area is 72.9 Å². The molecule has 0 saturated carbocycles. The fourth-order valence-corrected chi connectivity index (χ4v) is 0.616. The molecule has 0 atom stereocenters. The lowest BCUT2D eigenvalue weighted by Gasteiger charge is -1.93. The van der Waals surface area contributed by atoms with Crippen LogP contribution in [0.2, 0.25) is 0 Å². The lowest BCUT2D eigenvalue weighted by Crippen LogP contribution is -1.81. The molecule has 1 heterocycles. The summed E-state index contributed by atoms with van der Waals surface area (Å²) in [5.74, 6) is 0.525. The summed E-state index contributed by atoms with van der Waals surface area (Å²) in [7, 11) is 0. The highest BCUT2D eigenvalue weighted by Crippen LogP contribution is 2.12. The van der Waals surface area contributed by atoms with Crippen LogP contribution in [0.1, 0.15) is 19.4 Å². The number of hydrogen-bond donors (Lipinski definition) is 0. The van der Waals surface area contributed by atoms with Crippen molar-refractivity contribution in [3.05, 3.63) is 24.4 Å². The van der Waals surface area contributed by atoms with E-state index in [2.05, 4.69) is 28.5 Å². The first-order chi connectivity index (χ1) is 5.88. The molecule has 3 heteroatoms. The number of rotatable bonds is 2. The van der Waals surface area contributed by atoms with Crippen molar-refractivity contribution < 1.29 is 0 Å². The summed E-state index contributed by atoms with van der Waals surface area (Å²) in [5, 5.41) is 7.35. The molecule has 0 saturated heterocycles. The molecular formula is C9H13N3. The fourth-order valence-electron chi connectivity index (χ4n) is 0.616. The molecule has 0 unspecified atom stereocenters. The largest absolute Gasteiger partial charge is 0.243 e. The predicted molar refractivity (Wildman–Crippen MR) is 52.7 cm³/mol. The van der Waals surface area contributed by atoms with Crippen LogP contribution in [-0.4, -0.2) is 16.9 Å². The van der Waals surface area contributed by atoms with Crippen molar-refractivity contribution in [2.45, 2.75) is 13.8 Å². The highest BCUT2D eigenvalue weighted by molar-refractivity contribution is 5.59. The van der Waals surface area contributed by atoms with E-state index in [1.54, 1.807) is 18.3 Å². The Morgan fingerprint density at radius 3 is 2.58 bits per heavy atom. The smallest absolute Gasteiger partial charge is 0.181 e. The first-order valence-electron chi connectivity index (χ1n) is 3.79. The second-order valence-electron chi connectivity index (χ2n) is 1.67. The van der Waals surface area contributed by atoms with Gasteiger partial charge in [0, 0.05) is 5.56 Å². The van der Waals surface area contributed by atoms with Crippen molar-refractivity contribution in [3.63, 3.8) is 0 Å². The molecule has 1 rings (SSSR count). The summed E-state index contributed by atoms with van der Waals surface area (Å²) in [4.78, 5) is 3.65. The summed E-state index contributed by atoms with van der Waals surface area (Å²) in [6.45, 7) is 10.9. The van der Waals surface area contributed by atoms with Gasteiger partial charge in [0.25, 0.3) is 0 Å². The molecule has 12 heavy (non-hydrogen) atoms. The van der Waals surface area contributed by atoms with Crippen molar-refractivity contribution in [1.82, 2.24) is 10.2 Å². The van der Waals surface area contributed by atoms with Crippen LogP contribution >= 0.6 is 0 Å². The van der Waals surface area contributed by atoms with E-state index in [0.717, 1.165) is 5.56 Å². The van der Waals surface area contributed by atoms with E-state index in [4.69, 9.17) is 0 Å². The van der Waals surface area contributed by atoms with Gasteiger partial charge in [-0.3, -0.25) is 0 Å². The van der Waals surface area contributed by atoms with Gasteiger partial charge >= 0.3 is 0 Å². The maximum Gasteiger partial charge on any atom is 0.181 e. The van der Waals surface area contributed by atoms with E-state index < -0.39 is 0 Å². The van der Waals surface area contributed by atoms with Gasteiger partial charge in [-0.15, -0.1) is 5.10 Å². The van der Waals surface area contributed by atoms with Crippen molar-refractivity contribution in [2.75, 3.05) is 0 Å². The number of aromatic nitrogens is 2. The molecule has 0 aliphatic carbocycles. The van der Waals surface area contributed by atoms with E-state index in [1.165, 1.54) is 0 Å². The molecule has 1 aromatic heterocycles. The Balaban J connectivity index is 0.000000561. The lowest BCUT2D eigenvalue weighted by molar-refractivity contribution is 1.02. The third-order valence-electron chi connectivity index (χ3n) is 1.10. The second-order valence-corrected chi connectivity index (χ2v) is 1.67. The molecule has 0 spiro atoms. The third-order valence-corrected chi connectivity index (χ3v) is 1.10. The number of hydrogen-bond acceptors (Lipinski definition) is 3. The molecule has 1 aromatic rings. The summed E-state index contributed by atoms with van der Waals surface area (Å²) in [6, 6.07) is 1.78. The molecule has 0 radical (unpaired) electrons. The van der Waals surface area contributed by atoms with E-state index in [0.29, 0.717) is 5.82 Å². The van der Waals surface area contributed by atoms with Crippen molar-refractivity contribution in [3.8, 4) is 0 Å². The van der Waals surface area contributed by atoms with Crippen LogP contribution in [0.5, 0.6) is 0 Å². The van der Waals surface area contributed by atoms with Gasteiger partial charge in [0.05, 0.1) is 6.20 Å². The van der Waals surface area contributed by atoms with E-state index >= 15 is 0 Å². The zero-order chi connectivity index (χ0) is 9.40. The van der Waals surface area contributed by atoms with Crippen molar-refractivity contribution >= 4 is 18.6 Å². The molecule has 64 valence electrons. The second kappa shape index (κ2) is 6.22. The van der Waals surface area contributed by atoms with Crippen molar-refractivity contribution in [1.29, 1.82) is 0 Å². The van der Waals surface area contributed by atoms with E-state index in [9.17, 15) is 0 Å². The van der Waals surface area contributed by atoms with Gasteiger partial charge in [0.15, 0.2) is 5.82 Å². The van der Waals surface area contributed by atoms with Gasteiger partial charge in [-0.05, 0) is 12.8 Å². The maximum atomic E-state index is 3.72. The van der Waals surface area contributed by atoms with Crippen LogP contribution < -0.4 is 0 Å². The SMILES string of the molecule is C=Cc1ccnnc1N=C.CC. The maximum absolute atomic E-state index is 3.72. The minimum absolute atomic E-state index is 0.525. The highest BCUT2D eigenvalue weighted by Gasteiger charge is 1.94. The Kier molecular flexibility index (Phi) is 5.43. The average molecular weight is 163 g/mol. The predicted octanol–water partition coefficient (Wildman–Crippen LogP) is 2.48. The van der Waals surface area contributed by atoms with Crippen molar-refractivity contribution in [2.24, 2.45) is 4.99 Å². The van der Waals surface area contributed by atoms with Crippen LogP contribution in [0.3, 0.4) is 0 Å². The first-order valence-corrected chi connectivity index (χ1v) is 3.79. The molecule has 0 aromatic carbocycles. The van der Waals surface area contributed by atoms with Gasteiger partial charge in [-0.25, -0.2) is 4.99 Å². The summed E-state index contributed by atoms with van der Waals surface area (Å²) in [6.07, 6.45) is 3.25. The summed E-state index contributed by atoms with van der Waals surface area (Å²) < 4.78 is 0. The minimum Gasteiger partial charge on any atom is -0.243 e. The van der Waals surface area contributed by atoms with Gasteiger partial charge < -0.3 is 0 Å². The van der Waals surface area contributed by atoms with Crippen LogP contribution in [0.25, 0.3) is 6.08 Å². The zero-order valence-electron chi connectivity index (χ0n) is 7.49. The van der Waals surface area contributed by atoms with Crippen LogP contribution in [0.4, 0.5) is 5.82 Å². The quantitative estimate of drug-likeness (QED) is 0.628. The topological polar surface area (TPSA) is 38.1 Å². The third kappa shape index (κ3) is 2.62. The van der Waals surface area contributed by atoms with Gasteiger partial charge in [-0.2, -0.15) is 5.10 Å². The molecule has 0 aliphatic heterocycles. The van der Waals surface area contributed by atoms with Gasteiger partial charge in [0.2, 0.25) is 0 Å². The molecule has 0 aliphatic rings. The zero-order valence-corrected chi connectivity index (χ0v) is 7.49. The standard InChI is InChI=1S/C7H7N3.C2H6/c1-3-6-4-5-9-10-7(6)8-2;1-2/h3-5H,1-2H2;1-2H3. The minimum atomic E-state index is 0.525. The molecule has 0 amide bonds. The Morgan fingerprint density at radius 1 is 1.50 bits per heavy atom. The summed E-state index contributed by atoms with van der Waals surface area (Å²) >= 11 is 0. The highest BCUT2D eigenvalue weighted by atomic mass is 15.1. The van der Waals surface area contributed by atoms with Crippen LogP contribution in [-0.2, 0) is 0 Å². The fraction of sp³-hybridized carbons (Fsp3) is 0.222. The van der Waals surface area contributed by atoms with Crippen LogP contribution in [0, 0.1) is 0 Å². The molecule has 0 fully saturated rings. The first kappa shape index (κ1) is 10.5. The molecule has 0 N–H and O–H groups in total. The van der Waals surface area contributed by atoms with E-state index in [1.807, 2.05) is 13.8 Å². The van der Waals surface area contributed by atoms with Crippen LogP contribution in [0.15, 0.2) is 23.8 Å². The molecule has 3 nitrogen and oxygen atoms in total. The van der Waals surface area contributed by atoms with Gasteiger partial charge in [0.1, 0.15) is 0 Å². The monoisotopic (exact) mass is 163 g/mol. The number of aliphatic imine (C=N–C) groups is 1.